The average molecular weight is 454 g/mol. The number of benzene rings is 5. The molecule has 1 aromatic heterocycles. The second-order valence-electron chi connectivity index (χ2n) is 8.42. The zero-order valence-corrected chi connectivity index (χ0v) is 19.6. The standard InChI is InChI=1S/C32H24NP/c1-4-14-25(15-5-1)34(26-16-6-2-7-17-26,27-18-8-3-9-19-27)24-30-28-20-10-12-22-31(28)33-32-23-13-11-21-29(30)32/h1-24H. The van der Waals surface area contributed by atoms with Gasteiger partial charge in [0.25, 0.3) is 0 Å². The number of rotatable bonds is 4. The van der Waals surface area contributed by atoms with Crippen molar-refractivity contribution in [2.24, 2.45) is 0 Å². The predicted molar refractivity (Wildman–Crippen MR) is 150 cm³/mol. The van der Waals surface area contributed by atoms with Crippen LogP contribution in [0.5, 0.6) is 0 Å². The third-order valence-electron chi connectivity index (χ3n) is 6.44. The summed E-state index contributed by atoms with van der Waals surface area (Å²) in [6, 6.07) is 50.0. The molecule has 6 aromatic rings. The predicted octanol–water partition coefficient (Wildman–Crippen LogP) is 6.53. The summed E-state index contributed by atoms with van der Waals surface area (Å²) in [5.41, 5.74) is 3.31. The van der Waals surface area contributed by atoms with Gasteiger partial charge in [-0.2, -0.15) is 0 Å². The van der Waals surface area contributed by atoms with Crippen molar-refractivity contribution in [1.29, 1.82) is 0 Å². The molecule has 162 valence electrons. The Morgan fingerprint density at radius 3 is 1.18 bits per heavy atom. The van der Waals surface area contributed by atoms with Gasteiger partial charge in [0.1, 0.15) is 0 Å². The lowest BCUT2D eigenvalue weighted by Crippen LogP contribution is -2.27. The first-order valence-corrected chi connectivity index (χ1v) is 13.4. The van der Waals surface area contributed by atoms with Crippen molar-refractivity contribution < 1.29 is 0 Å². The second kappa shape index (κ2) is 8.78. The Bertz CT molecular complexity index is 1480. The fourth-order valence-electron chi connectivity index (χ4n) is 4.87. The van der Waals surface area contributed by atoms with Crippen molar-refractivity contribution >= 4 is 50.4 Å². The minimum Gasteiger partial charge on any atom is -0.248 e. The normalized spacial score (nSPS) is 11.5. The highest BCUT2D eigenvalue weighted by Crippen LogP contribution is 2.45. The highest BCUT2D eigenvalue weighted by Gasteiger charge is 2.26. The van der Waals surface area contributed by atoms with E-state index in [-0.39, 0.29) is 0 Å². The third kappa shape index (κ3) is 3.46. The SMILES string of the molecule is C(c1c2ccccc2nc2ccccc12)=P(c1ccccc1)(c1ccccc1)c1ccccc1. The van der Waals surface area contributed by atoms with E-state index in [0.717, 1.165) is 11.0 Å². The molecule has 0 bridgehead atoms. The van der Waals surface area contributed by atoms with Gasteiger partial charge in [0.15, 0.2) is 0 Å². The van der Waals surface area contributed by atoms with Crippen LogP contribution in [0.1, 0.15) is 5.56 Å². The van der Waals surface area contributed by atoms with Crippen LogP contribution in [-0.2, 0) is 0 Å². The van der Waals surface area contributed by atoms with Gasteiger partial charge in [-0.3, -0.25) is 0 Å². The number of nitrogens with zero attached hydrogens (tertiary/aromatic N) is 1. The Balaban J connectivity index is 1.86. The van der Waals surface area contributed by atoms with Crippen LogP contribution in [0.4, 0.5) is 0 Å². The van der Waals surface area contributed by atoms with Crippen molar-refractivity contribution in [2.75, 3.05) is 0 Å². The number of pyridine rings is 1. The number of fused-ring (bicyclic) bond motifs is 2. The van der Waals surface area contributed by atoms with Gasteiger partial charge in [-0.15, -0.1) is 0 Å². The molecule has 0 radical (unpaired) electrons. The van der Waals surface area contributed by atoms with Crippen LogP contribution in [0.2, 0.25) is 0 Å². The smallest absolute Gasteiger partial charge is 0.0715 e. The number of hydrogen-bond donors (Lipinski definition) is 0. The molecule has 1 heterocycles. The van der Waals surface area contributed by atoms with Crippen molar-refractivity contribution in [3.05, 3.63) is 145 Å². The molecule has 0 aliphatic heterocycles. The molecule has 2 heteroatoms. The summed E-state index contributed by atoms with van der Waals surface area (Å²) in [5.74, 6) is 2.57. The fourth-order valence-corrected chi connectivity index (χ4v) is 8.80. The first kappa shape index (κ1) is 20.7. The molecule has 1 nitrogen and oxygen atoms in total. The zero-order chi connectivity index (χ0) is 22.8. The topological polar surface area (TPSA) is 12.9 Å². The molecule has 6 rings (SSSR count). The lowest BCUT2D eigenvalue weighted by molar-refractivity contribution is 1.49. The molecule has 5 aromatic carbocycles. The van der Waals surface area contributed by atoms with Gasteiger partial charge in [0.2, 0.25) is 0 Å². The van der Waals surface area contributed by atoms with Gasteiger partial charge in [0, 0.05) is 10.8 Å². The maximum Gasteiger partial charge on any atom is 0.0715 e. The van der Waals surface area contributed by atoms with Crippen molar-refractivity contribution in [2.45, 2.75) is 0 Å². The van der Waals surface area contributed by atoms with Gasteiger partial charge in [0.05, 0.1) is 11.0 Å². The van der Waals surface area contributed by atoms with Crippen LogP contribution in [-0.4, -0.2) is 10.8 Å². The molecule has 0 amide bonds. The summed E-state index contributed by atoms with van der Waals surface area (Å²) in [6.07, 6.45) is 0. The Morgan fingerprint density at radius 1 is 0.412 bits per heavy atom. The Kier molecular flexibility index (Phi) is 5.34. The van der Waals surface area contributed by atoms with E-state index in [2.05, 4.69) is 145 Å². The lowest BCUT2D eigenvalue weighted by atomic mass is 10.0. The number of aromatic nitrogens is 1. The largest absolute Gasteiger partial charge is 0.248 e. The van der Waals surface area contributed by atoms with E-state index < -0.39 is 6.89 Å². The van der Waals surface area contributed by atoms with Crippen molar-refractivity contribution in [1.82, 2.24) is 4.98 Å². The molecule has 34 heavy (non-hydrogen) atoms. The molecule has 0 fully saturated rings. The van der Waals surface area contributed by atoms with E-state index in [9.17, 15) is 0 Å². The van der Waals surface area contributed by atoms with Crippen LogP contribution in [0.15, 0.2) is 140 Å². The first-order chi connectivity index (χ1) is 16.9. The fraction of sp³-hybridized carbons (Fsp3) is 0. The molecule has 0 unspecified atom stereocenters. The van der Waals surface area contributed by atoms with E-state index in [4.69, 9.17) is 4.98 Å². The van der Waals surface area contributed by atoms with E-state index in [0.29, 0.717) is 0 Å². The van der Waals surface area contributed by atoms with Gasteiger partial charge in [-0.1, -0.05) is 127 Å². The first-order valence-electron chi connectivity index (χ1n) is 11.6. The van der Waals surface area contributed by atoms with Gasteiger partial charge >= 0.3 is 0 Å². The quantitative estimate of drug-likeness (QED) is 0.218. The average Bonchev–Trinajstić information content (AvgIpc) is 2.93. The molecule has 0 N–H and O–H groups in total. The summed E-state index contributed by atoms with van der Waals surface area (Å²) in [4.78, 5) is 4.98. The minimum absolute atomic E-state index is 1.03. The minimum atomic E-state index is -2.14. The van der Waals surface area contributed by atoms with Crippen molar-refractivity contribution in [3.63, 3.8) is 0 Å². The summed E-state index contributed by atoms with van der Waals surface area (Å²) in [7, 11) is 0. The summed E-state index contributed by atoms with van der Waals surface area (Å²) < 4.78 is 0. The van der Waals surface area contributed by atoms with Crippen LogP contribution in [0.25, 0.3) is 21.8 Å². The highest BCUT2D eigenvalue weighted by atomic mass is 31.2. The van der Waals surface area contributed by atoms with Gasteiger partial charge in [-0.05, 0) is 46.3 Å². The zero-order valence-electron chi connectivity index (χ0n) is 18.8. The van der Waals surface area contributed by atoms with E-state index in [1.165, 1.54) is 32.2 Å². The van der Waals surface area contributed by atoms with Crippen LogP contribution in [0.3, 0.4) is 0 Å². The Hall–Kier alpha value is -3.93. The van der Waals surface area contributed by atoms with E-state index >= 15 is 0 Å². The second-order valence-corrected chi connectivity index (χ2v) is 11.7. The molecular weight excluding hydrogens is 429 g/mol. The molecule has 0 saturated carbocycles. The van der Waals surface area contributed by atoms with Crippen LogP contribution >= 0.6 is 6.89 Å². The molecule has 0 aliphatic carbocycles. The summed E-state index contributed by atoms with van der Waals surface area (Å²) in [6.45, 7) is -2.14. The van der Waals surface area contributed by atoms with Gasteiger partial charge < -0.3 is 0 Å². The van der Waals surface area contributed by atoms with Gasteiger partial charge in [-0.25, -0.2) is 4.98 Å². The van der Waals surface area contributed by atoms with E-state index in [1.807, 2.05) is 0 Å². The Morgan fingerprint density at radius 2 is 0.765 bits per heavy atom. The molecule has 0 spiro atoms. The lowest BCUT2D eigenvalue weighted by Gasteiger charge is -2.29. The Labute approximate surface area is 200 Å². The van der Waals surface area contributed by atoms with Crippen LogP contribution in [0, 0.1) is 0 Å². The molecule has 0 atom stereocenters. The number of hydrogen-bond acceptors (Lipinski definition) is 1. The monoisotopic (exact) mass is 453 g/mol. The maximum absolute atomic E-state index is 4.98. The molecule has 0 aliphatic rings. The summed E-state index contributed by atoms with van der Waals surface area (Å²) in [5, 5.41) is 6.41. The molecule has 0 saturated heterocycles. The third-order valence-corrected chi connectivity index (χ3v) is 10.4. The maximum atomic E-state index is 4.98. The number of para-hydroxylation sites is 2. The van der Waals surface area contributed by atoms with E-state index in [1.54, 1.807) is 0 Å². The summed E-state index contributed by atoms with van der Waals surface area (Å²) >= 11 is 0. The molecular formula is C32H24NP. The van der Waals surface area contributed by atoms with Crippen molar-refractivity contribution in [3.8, 4) is 0 Å². The van der Waals surface area contributed by atoms with Crippen LogP contribution < -0.4 is 15.9 Å². The highest BCUT2D eigenvalue weighted by molar-refractivity contribution is 7.94.